The Kier molecular flexibility index (Phi) is 8.03. The van der Waals surface area contributed by atoms with E-state index in [9.17, 15) is 9.59 Å². The fourth-order valence-electron chi connectivity index (χ4n) is 3.01. The molecule has 0 radical (unpaired) electrons. The maximum atomic E-state index is 13.0. The van der Waals surface area contributed by atoms with Crippen LogP contribution in [0.15, 0.2) is 29.2 Å². The van der Waals surface area contributed by atoms with E-state index in [1.165, 1.54) is 10.5 Å². The lowest BCUT2D eigenvalue weighted by atomic mass is 10.2. The molecule has 0 aliphatic heterocycles. The topological polar surface area (TPSA) is 136 Å². The lowest BCUT2D eigenvalue weighted by molar-refractivity contribution is -0.134. The molecule has 31 heavy (non-hydrogen) atoms. The Balaban J connectivity index is 0.000000785. The zero-order valence-electron chi connectivity index (χ0n) is 18.0. The molecule has 3 aromatic rings. The lowest BCUT2D eigenvalue weighted by Gasteiger charge is -2.13. The third kappa shape index (κ3) is 5.34. The molecule has 0 aliphatic carbocycles. The summed E-state index contributed by atoms with van der Waals surface area (Å²) in [6, 6.07) is 5.05. The predicted molar refractivity (Wildman–Crippen MR) is 113 cm³/mol. The van der Waals surface area contributed by atoms with Gasteiger partial charge in [-0.3, -0.25) is 19.4 Å². The van der Waals surface area contributed by atoms with Crippen LogP contribution in [0.2, 0.25) is 0 Å². The molecule has 0 fully saturated rings. The maximum absolute atomic E-state index is 13.0. The van der Waals surface area contributed by atoms with Gasteiger partial charge in [0.1, 0.15) is 22.3 Å². The second-order valence-corrected chi connectivity index (χ2v) is 6.69. The summed E-state index contributed by atoms with van der Waals surface area (Å²) >= 11 is 0. The van der Waals surface area contributed by atoms with Crippen LogP contribution in [0.5, 0.6) is 0 Å². The number of aliphatic carboxylic acids is 1. The number of ether oxygens (including phenoxy) is 2. The van der Waals surface area contributed by atoms with Gasteiger partial charge in [0.2, 0.25) is 0 Å². The summed E-state index contributed by atoms with van der Waals surface area (Å²) in [6.07, 6.45) is 2.20. The number of hydrogen-bond donors (Lipinski definition) is 2. The quantitative estimate of drug-likeness (QED) is 0.345. The number of esters is 1. The van der Waals surface area contributed by atoms with Crippen LogP contribution in [0.25, 0.3) is 16.7 Å². The van der Waals surface area contributed by atoms with E-state index in [1.54, 1.807) is 23.9 Å². The summed E-state index contributed by atoms with van der Waals surface area (Å²) < 4.78 is 13.2. The van der Waals surface area contributed by atoms with Crippen LogP contribution in [0.3, 0.4) is 0 Å². The van der Waals surface area contributed by atoms with Crippen LogP contribution in [0, 0.1) is 12.3 Å². The third-order valence-electron chi connectivity index (χ3n) is 4.40. The lowest BCUT2D eigenvalue weighted by Crippen LogP contribution is -2.30. The van der Waals surface area contributed by atoms with Gasteiger partial charge in [0.15, 0.2) is 0 Å². The highest BCUT2D eigenvalue weighted by Gasteiger charge is 2.18. The van der Waals surface area contributed by atoms with Gasteiger partial charge in [-0.05, 0) is 31.5 Å². The second-order valence-electron chi connectivity index (χ2n) is 6.69. The van der Waals surface area contributed by atoms with Crippen molar-refractivity contribution in [3.63, 3.8) is 0 Å². The molecule has 10 nitrogen and oxygen atoms in total. The van der Waals surface area contributed by atoms with Crippen molar-refractivity contribution in [3.8, 4) is 0 Å². The number of nitrogens with one attached hydrogen (secondary N) is 1. The molecule has 3 heterocycles. The normalized spacial score (nSPS) is 10.6. The predicted octanol–water partition coefficient (Wildman–Crippen LogP) is 1.74. The molecule has 0 aliphatic rings. The number of carboxylic acids is 1. The average Bonchev–Trinajstić information content (AvgIpc) is 2.71. The van der Waals surface area contributed by atoms with E-state index in [0.717, 1.165) is 12.5 Å². The molecule has 166 valence electrons. The summed E-state index contributed by atoms with van der Waals surface area (Å²) in [5.74, 6) is -1.46. The van der Waals surface area contributed by atoms with Crippen LogP contribution in [-0.4, -0.2) is 51.3 Å². The van der Waals surface area contributed by atoms with Gasteiger partial charge in [0, 0.05) is 39.8 Å². The molecule has 0 spiro atoms. The Morgan fingerprint density at radius 3 is 2.55 bits per heavy atom. The van der Waals surface area contributed by atoms with Gasteiger partial charge in [-0.15, -0.1) is 0 Å². The Hall–Kier alpha value is -3.53. The van der Waals surface area contributed by atoms with Gasteiger partial charge < -0.3 is 19.1 Å². The third-order valence-corrected chi connectivity index (χ3v) is 4.40. The molecule has 2 N–H and O–H groups in total. The average molecular weight is 430 g/mol. The number of rotatable bonds is 6. The number of aryl methyl sites for hydroxylation is 2. The molecule has 0 unspecified atom stereocenters. The van der Waals surface area contributed by atoms with Gasteiger partial charge >= 0.3 is 5.97 Å². The molecule has 0 bridgehead atoms. The largest absolute Gasteiger partial charge is 0.481 e. The summed E-state index contributed by atoms with van der Waals surface area (Å²) in [6.45, 7) is 5.85. The number of aromatic nitrogens is 3. The molecule has 0 saturated heterocycles. The first-order valence-corrected chi connectivity index (χ1v) is 9.68. The minimum Gasteiger partial charge on any atom is -0.481 e. The highest BCUT2D eigenvalue weighted by Crippen LogP contribution is 2.13. The number of nitrogens with zero attached hydrogens (tertiary/aromatic N) is 3. The Morgan fingerprint density at radius 1 is 1.26 bits per heavy atom. The maximum Gasteiger partial charge on any atom is 0.341 e. The summed E-state index contributed by atoms with van der Waals surface area (Å²) in [7, 11) is 1.57. The summed E-state index contributed by atoms with van der Waals surface area (Å²) in [4.78, 5) is 39.0. The van der Waals surface area contributed by atoms with E-state index in [1.807, 2.05) is 19.9 Å². The van der Waals surface area contributed by atoms with E-state index in [0.29, 0.717) is 30.9 Å². The monoisotopic (exact) mass is 430 g/mol. The highest BCUT2D eigenvalue weighted by molar-refractivity contribution is 5.93. The van der Waals surface area contributed by atoms with E-state index in [4.69, 9.17) is 24.8 Å². The standard InChI is InChI=1S/C19H22N4O4.C2H4O2/c1-4-22-15(20)13(19(25)27-10-6-9-26-3)11-14-17(22)21-16-12(2)7-5-8-23(16)18(14)24;1-2(3)4/h5,7-8,11,20H,4,6,9-10H2,1-3H3;1H3,(H,3,4). The number of carboxylic acid groups (broad SMARTS) is 1. The van der Waals surface area contributed by atoms with Crippen LogP contribution in [-0.2, 0) is 20.8 Å². The minimum absolute atomic E-state index is 0.0217. The van der Waals surface area contributed by atoms with Crippen LogP contribution < -0.4 is 11.0 Å². The van der Waals surface area contributed by atoms with Crippen molar-refractivity contribution in [2.24, 2.45) is 0 Å². The van der Waals surface area contributed by atoms with Crippen molar-refractivity contribution in [1.82, 2.24) is 14.0 Å². The van der Waals surface area contributed by atoms with Gasteiger partial charge in [-0.1, -0.05) is 6.07 Å². The van der Waals surface area contributed by atoms with E-state index < -0.39 is 11.9 Å². The number of carbonyl (C=O) groups excluding carboxylic acids is 1. The number of fused-ring (bicyclic) bond motifs is 2. The van der Waals surface area contributed by atoms with Crippen molar-refractivity contribution in [1.29, 1.82) is 5.41 Å². The molecule has 3 aromatic heterocycles. The first kappa shape index (κ1) is 23.7. The van der Waals surface area contributed by atoms with Gasteiger partial charge in [0.05, 0.1) is 12.0 Å². The van der Waals surface area contributed by atoms with Crippen LogP contribution in [0.1, 0.15) is 36.2 Å². The molecular weight excluding hydrogens is 404 g/mol. The Labute approximate surface area is 178 Å². The molecule has 10 heteroatoms. The number of carbonyl (C=O) groups is 2. The Bertz CT molecular complexity index is 1220. The number of pyridine rings is 2. The molecule has 0 amide bonds. The number of methoxy groups -OCH3 is 1. The first-order chi connectivity index (χ1) is 14.7. The molecule has 0 saturated carbocycles. The summed E-state index contributed by atoms with van der Waals surface area (Å²) in [5.41, 5.74) is 1.52. The van der Waals surface area contributed by atoms with Crippen LogP contribution >= 0.6 is 0 Å². The molecule has 3 rings (SSSR count). The van der Waals surface area contributed by atoms with E-state index >= 15 is 0 Å². The first-order valence-electron chi connectivity index (χ1n) is 9.68. The SMILES string of the molecule is CC(=O)O.CCn1c(=N)c(C(=O)OCCCOC)cc2c(=O)n3cccc(C)c3nc21. The molecular formula is C21H26N4O6. The van der Waals surface area contributed by atoms with Crippen molar-refractivity contribution >= 4 is 28.6 Å². The summed E-state index contributed by atoms with van der Waals surface area (Å²) in [5, 5.41) is 16.1. The second kappa shape index (κ2) is 10.5. The fraction of sp³-hybridized carbons (Fsp3) is 0.381. The molecule has 0 aromatic carbocycles. The zero-order valence-corrected chi connectivity index (χ0v) is 18.0. The van der Waals surface area contributed by atoms with Crippen molar-refractivity contribution < 1.29 is 24.2 Å². The van der Waals surface area contributed by atoms with Crippen LogP contribution in [0.4, 0.5) is 0 Å². The zero-order chi connectivity index (χ0) is 23.1. The van der Waals surface area contributed by atoms with Crippen molar-refractivity contribution in [3.05, 3.63) is 51.4 Å². The van der Waals surface area contributed by atoms with Crippen molar-refractivity contribution in [2.45, 2.75) is 33.7 Å². The van der Waals surface area contributed by atoms with Gasteiger partial charge in [-0.2, -0.15) is 0 Å². The van der Waals surface area contributed by atoms with E-state index in [-0.39, 0.29) is 28.6 Å². The smallest absolute Gasteiger partial charge is 0.341 e. The Morgan fingerprint density at radius 2 is 1.94 bits per heavy atom. The van der Waals surface area contributed by atoms with Gasteiger partial charge in [-0.25, -0.2) is 9.78 Å². The molecule has 0 atom stereocenters. The fourth-order valence-corrected chi connectivity index (χ4v) is 3.01. The van der Waals surface area contributed by atoms with E-state index in [2.05, 4.69) is 4.98 Å². The highest BCUT2D eigenvalue weighted by atomic mass is 16.5. The number of hydrogen-bond acceptors (Lipinski definition) is 7. The van der Waals surface area contributed by atoms with Gasteiger partial charge in [0.25, 0.3) is 11.5 Å². The van der Waals surface area contributed by atoms with Crippen molar-refractivity contribution in [2.75, 3.05) is 20.3 Å². The minimum atomic E-state index is -0.833.